The molecule has 0 radical (unpaired) electrons. The molecule has 5 nitrogen and oxygen atoms in total. The summed E-state index contributed by atoms with van der Waals surface area (Å²) in [6.07, 6.45) is 0. The lowest BCUT2D eigenvalue weighted by molar-refractivity contribution is 1.05. The lowest BCUT2D eigenvalue weighted by Crippen LogP contribution is -2.14. The molecule has 1 aliphatic heterocycles. The highest BCUT2D eigenvalue weighted by Gasteiger charge is 2.29. The average molecular weight is 716 g/mol. The molecular formula is C51H33N5. The highest BCUT2D eigenvalue weighted by molar-refractivity contribution is 5.98. The first-order valence-electron chi connectivity index (χ1n) is 18.9. The van der Waals surface area contributed by atoms with Crippen molar-refractivity contribution in [3.05, 3.63) is 200 Å². The summed E-state index contributed by atoms with van der Waals surface area (Å²) in [4.78, 5) is 18.3. The van der Waals surface area contributed by atoms with Crippen molar-refractivity contribution in [2.75, 3.05) is 4.90 Å². The molecule has 56 heavy (non-hydrogen) atoms. The van der Waals surface area contributed by atoms with Gasteiger partial charge in [-0.3, -0.25) is 9.47 Å². The minimum Gasteiger partial charge on any atom is -0.280 e. The Morgan fingerprint density at radius 1 is 0.357 bits per heavy atom. The average Bonchev–Trinajstić information content (AvgIpc) is 3.60. The van der Waals surface area contributed by atoms with E-state index in [2.05, 4.69) is 198 Å². The number of rotatable bonds is 5. The molecule has 0 spiro atoms. The van der Waals surface area contributed by atoms with Crippen LogP contribution in [0.1, 0.15) is 0 Å². The van der Waals surface area contributed by atoms with Crippen molar-refractivity contribution < 1.29 is 0 Å². The van der Waals surface area contributed by atoms with Crippen molar-refractivity contribution in [1.29, 1.82) is 0 Å². The molecule has 11 rings (SSSR count). The number of hydrogen-bond donors (Lipinski definition) is 0. The van der Waals surface area contributed by atoms with E-state index in [4.69, 9.17) is 15.0 Å². The van der Waals surface area contributed by atoms with Gasteiger partial charge in [0.2, 0.25) is 5.95 Å². The summed E-state index contributed by atoms with van der Waals surface area (Å²) in [6, 6.07) is 70.4. The first kappa shape index (κ1) is 31.9. The van der Waals surface area contributed by atoms with Crippen molar-refractivity contribution in [1.82, 2.24) is 19.5 Å². The highest BCUT2D eigenvalue weighted by Crippen LogP contribution is 2.48. The number of hydrogen-bond acceptors (Lipinski definition) is 4. The normalized spacial score (nSPS) is 11.9. The van der Waals surface area contributed by atoms with Gasteiger partial charge in [-0.25, -0.2) is 15.0 Å². The number of para-hydroxylation sites is 4. The van der Waals surface area contributed by atoms with Gasteiger partial charge in [-0.05, 0) is 76.5 Å². The molecule has 0 fully saturated rings. The van der Waals surface area contributed by atoms with Crippen molar-refractivity contribution in [2.45, 2.75) is 0 Å². The van der Waals surface area contributed by atoms with Crippen molar-refractivity contribution in [3.63, 3.8) is 0 Å². The quantitative estimate of drug-likeness (QED) is 0.178. The standard InChI is InChI=1S/C51H33N5/c1-3-16-35(17-4-1)45-33-46(36-18-5-2-6-19-36)53-50(52-45)40-30-39(38-28-27-34-15-7-8-20-37(34)29-38)31-41(32-40)55-47-24-12-9-21-42(47)43-22-10-13-25-48(43)56-49-26-14-11-23-44(49)54-51(55)56/h1-33H. The molecule has 5 heteroatoms. The van der Waals surface area contributed by atoms with E-state index in [1.807, 2.05) is 12.1 Å². The van der Waals surface area contributed by atoms with Crippen LogP contribution >= 0.6 is 0 Å². The topological polar surface area (TPSA) is 46.8 Å². The van der Waals surface area contributed by atoms with E-state index in [0.717, 1.165) is 84.4 Å². The zero-order chi connectivity index (χ0) is 37.0. The van der Waals surface area contributed by atoms with Crippen LogP contribution < -0.4 is 4.90 Å². The van der Waals surface area contributed by atoms with Crippen LogP contribution in [-0.4, -0.2) is 19.5 Å². The maximum absolute atomic E-state index is 5.38. The molecule has 0 amide bonds. The number of imidazole rings is 1. The number of anilines is 3. The predicted molar refractivity (Wildman–Crippen MR) is 230 cm³/mol. The Morgan fingerprint density at radius 2 is 0.946 bits per heavy atom. The SMILES string of the molecule is c1ccc(-c2cc(-c3ccccc3)nc(-c3cc(-c4ccc5ccccc5c4)cc(N4c5ccccc5-c5ccccc5-n5c4nc4ccccc45)c3)n2)cc1. The second-order valence-corrected chi connectivity index (χ2v) is 14.1. The molecule has 1 aliphatic rings. The Kier molecular flexibility index (Phi) is 7.42. The lowest BCUT2D eigenvalue weighted by atomic mass is 9.97. The third-order valence-corrected chi connectivity index (χ3v) is 10.7. The van der Waals surface area contributed by atoms with Gasteiger partial charge in [-0.15, -0.1) is 0 Å². The summed E-state index contributed by atoms with van der Waals surface area (Å²) < 4.78 is 2.30. The lowest BCUT2D eigenvalue weighted by Gasteiger charge is -2.26. The Labute approximate surface area is 324 Å². The van der Waals surface area contributed by atoms with Gasteiger partial charge in [-0.2, -0.15) is 0 Å². The summed E-state index contributed by atoms with van der Waals surface area (Å²) in [5, 5.41) is 2.38. The monoisotopic (exact) mass is 715 g/mol. The predicted octanol–water partition coefficient (Wildman–Crippen LogP) is 13.1. The van der Waals surface area contributed by atoms with Crippen LogP contribution in [-0.2, 0) is 0 Å². The zero-order valence-electron chi connectivity index (χ0n) is 30.3. The van der Waals surface area contributed by atoms with E-state index < -0.39 is 0 Å². The molecule has 2 aromatic heterocycles. The maximum atomic E-state index is 5.38. The zero-order valence-corrected chi connectivity index (χ0v) is 30.3. The summed E-state index contributed by atoms with van der Waals surface area (Å²) in [7, 11) is 0. The molecule has 0 atom stereocenters. The molecule has 0 bridgehead atoms. The third kappa shape index (κ3) is 5.37. The van der Waals surface area contributed by atoms with Crippen molar-refractivity contribution in [3.8, 4) is 61.8 Å². The van der Waals surface area contributed by atoms with Gasteiger partial charge in [0.15, 0.2) is 5.82 Å². The number of fused-ring (bicyclic) bond motifs is 8. The summed E-state index contributed by atoms with van der Waals surface area (Å²) >= 11 is 0. The molecule has 8 aromatic carbocycles. The van der Waals surface area contributed by atoms with Crippen LogP contribution in [0.4, 0.5) is 17.3 Å². The third-order valence-electron chi connectivity index (χ3n) is 10.7. The number of benzene rings is 8. The van der Waals surface area contributed by atoms with Gasteiger partial charge in [-0.1, -0.05) is 146 Å². The fraction of sp³-hybridized carbons (Fsp3) is 0. The number of nitrogens with zero attached hydrogens (tertiary/aromatic N) is 5. The number of aromatic nitrogens is 4. The minimum atomic E-state index is 0.647. The van der Waals surface area contributed by atoms with Crippen LogP contribution in [0.2, 0.25) is 0 Å². The molecule has 0 saturated carbocycles. The molecule has 0 unspecified atom stereocenters. The van der Waals surface area contributed by atoms with Gasteiger partial charge >= 0.3 is 0 Å². The Morgan fingerprint density at radius 3 is 1.70 bits per heavy atom. The molecular weight excluding hydrogens is 683 g/mol. The second-order valence-electron chi connectivity index (χ2n) is 14.1. The van der Waals surface area contributed by atoms with Gasteiger partial charge in [0.25, 0.3) is 0 Å². The molecule has 0 aliphatic carbocycles. The van der Waals surface area contributed by atoms with Gasteiger partial charge in [0.1, 0.15) is 0 Å². The Hall–Kier alpha value is -7.63. The van der Waals surface area contributed by atoms with Crippen molar-refractivity contribution in [2.24, 2.45) is 0 Å². The summed E-state index contributed by atoms with van der Waals surface area (Å²) in [5.74, 6) is 1.46. The minimum absolute atomic E-state index is 0.647. The molecule has 3 heterocycles. The van der Waals surface area contributed by atoms with Crippen LogP contribution in [0.25, 0.3) is 83.6 Å². The van der Waals surface area contributed by atoms with Crippen LogP contribution in [0, 0.1) is 0 Å². The van der Waals surface area contributed by atoms with Gasteiger partial charge in [0.05, 0.1) is 39.5 Å². The first-order valence-corrected chi connectivity index (χ1v) is 18.9. The van der Waals surface area contributed by atoms with E-state index in [0.29, 0.717) is 5.82 Å². The van der Waals surface area contributed by atoms with E-state index in [1.54, 1.807) is 0 Å². The maximum Gasteiger partial charge on any atom is 0.220 e. The summed E-state index contributed by atoms with van der Waals surface area (Å²) in [6.45, 7) is 0. The molecule has 0 saturated heterocycles. The Bertz CT molecular complexity index is 3040. The van der Waals surface area contributed by atoms with Crippen LogP contribution in [0.15, 0.2) is 200 Å². The van der Waals surface area contributed by atoms with Crippen molar-refractivity contribution >= 4 is 39.1 Å². The van der Waals surface area contributed by atoms with Gasteiger partial charge in [0, 0.05) is 27.8 Å². The fourth-order valence-corrected chi connectivity index (χ4v) is 8.05. The van der Waals surface area contributed by atoms with Crippen LogP contribution in [0.3, 0.4) is 0 Å². The first-order chi connectivity index (χ1) is 27.7. The molecule has 10 aromatic rings. The van der Waals surface area contributed by atoms with E-state index in [1.165, 1.54) is 10.8 Å². The molecule has 262 valence electrons. The van der Waals surface area contributed by atoms with E-state index in [9.17, 15) is 0 Å². The smallest absolute Gasteiger partial charge is 0.220 e. The second kappa shape index (κ2) is 13.0. The van der Waals surface area contributed by atoms with E-state index >= 15 is 0 Å². The Balaban J connectivity index is 1.21. The highest BCUT2D eigenvalue weighted by atomic mass is 15.3. The summed E-state index contributed by atoms with van der Waals surface area (Å²) in [5.41, 5.74) is 14.2. The largest absolute Gasteiger partial charge is 0.280 e. The molecule has 0 N–H and O–H groups in total. The van der Waals surface area contributed by atoms with E-state index in [-0.39, 0.29) is 0 Å². The van der Waals surface area contributed by atoms with Gasteiger partial charge < -0.3 is 0 Å². The fourth-order valence-electron chi connectivity index (χ4n) is 8.05. The van der Waals surface area contributed by atoms with Crippen LogP contribution in [0.5, 0.6) is 0 Å².